The van der Waals surface area contributed by atoms with Gasteiger partial charge < -0.3 is 9.47 Å². The van der Waals surface area contributed by atoms with Crippen molar-refractivity contribution in [3.05, 3.63) is 0 Å². The molecule has 1 aliphatic rings. The van der Waals surface area contributed by atoms with Crippen LogP contribution in [0.4, 0.5) is 0 Å². The van der Waals surface area contributed by atoms with Gasteiger partial charge in [0.05, 0.1) is 6.61 Å². The summed E-state index contributed by atoms with van der Waals surface area (Å²) in [7, 11) is 0. The fourth-order valence-electron chi connectivity index (χ4n) is 1.09. The molecule has 0 saturated carbocycles. The van der Waals surface area contributed by atoms with Crippen LogP contribution in [0.1, 0.15) is 19.8 Å². The van der Waals surface area contributed by atoms with Gasteiger partial charge in [-0.2, -0.15) is 0 Å². The molecule has 1 aliphatic heterocycles. The van der Waals surface area contributed by atoms with Crippen molar-refractivity contribution in [3.8, 4) is 0 Å². The second-order valence-electron chi connectivity index (χ2n) is 2.57. The highest BCUT2D eigenvalue weighted by Gasteiger charge is 2.30. The molecule has 1 atom stereocenters. The Balaban J connectivity index is 2.48. The Morgan fingerprint density at radius 3 is 3.08 bits per heavy atom. The number of ether oxygens (including phenoxy) is 2. The van der Waals surface area contributed by atoms with Crippen molar-refractivity contribution in [1.82, 2.24) is 0 Å². The maximum absolute atomic E-state index is 11.1. The fourth-order valence-corrected chi connectivity index (χ4v) is 1.09. The Hall–Kier alpha value is -0.900. The van der Waals surface area contributed by atoms with E-state index in [2.05, 4.69) is 4.74 Å². The largest absolute Gasteiger partial charge is 0.464 e. The average Bonchev–Trinajstić information content (AvgIpc) is 2.05. The Morgan fingerprint density at radius 2 is 2.50 bits per heavy atom. The lowest BCUT2D eigenvalue weighted by molar-refractivity contribution is -0.164. The lowest BCUT2D eigenvalue weighted by Gasteiger charge is -2.19. The van der Waals surface area contributed by atoms with Gasteiger partial charge in [-0.25, -0.2) is 4.79 Å². The van der Waals surface area contributed by atoms with Gasteiger partial charge in [-0.15, -0.1) is 0 Å². The van der Waals surface area contributed by atoms with E-state index in [-0.39, 0.29) is 12.4 Å². The molecule has 1 saturated heterocycles. The third kappa shape index (κ3) is 2.04. The van der Waals surface area contributed by atoms with Crippen molar-refractivity contribution < 1.29 is 19.1 Å². The molecule has 0 aliphatic carbocycles. The normalized spacial score (nSPS) is 23.8. The van der Waals surface area contributed by atoms with E-state index in [1.54, 1.807) is 6.92 Å². The molecule has 68 valence electrons. The van der Waals surface area contributed by atoms with Gasteiger partial charge in [0.25, 0.3) is 0 Å². The van der Waals surface area contributed by atoms with E-state index in [4.69, 9.17) is 4.74 Å². The van der Waals surface area contributed by atoms with E-state index >= 15 is 0 Å². The van der Waals surface area contributed by atoms with E-state index in [0.29, 0.717) is 19.4 Å². The minimum atomic E-state index is -0.960. The van der Waals surface area contributed by atoms with Gasteiger partial charge in [0, 0.05) is 13.0 Å². The van der Waals surface area contributed by atoms with Crippen molar-refractivity contribution >= 4 is 11.8 Å². The number of ketones is 1. The molecule has 0 radical (unpaired) electrons. The molecule has 0 N–H and O–H groups in total. The van der Waals surface area contributed by atoms with Crippen LogP contribution < -0.4 is 0 Å². The van der Waals surface area contributed by atoms with Crippen LogP contribution in [0.25, 0.3) is 0 Å². The van der Waals surface area contributed by atoms with E-state index < -0.39 is 12.1 Å². The molecule has 0 aromatic carbocycles. The first kappa shape index (κ1) is 9.19. The summed E-state index contributed by atoms with van der Waals surface area (Å²) >= 11 is 0. The number of esters is 1. The van der Waals surface area contributed by atoms with E-state index in [1.165, 1.54) is 0 Å². The predicted octanol–water partition coefficient (Wildman–Crippen LogP) is 0.298. The van der Waals surface area contributed by atoms with Gasteiger partial charge in [0.15, 0.2) is 5.78 Å². The molecule has 0 aromatic rings. The zero-order valence-electron chi connectivity index (χ0n) is 7.04. The number of hydrogen-bond acceptors (Lipinski definition) is 4. The van der Waals surface area contributed by atoms with Crippen molar-refractivity contribution in [1.29, 1.82) is 0 Å². The summed E-state index contributed by atoms with van der Waals surface area (Å²) in [6.45, 7) is 2.45. The molecular formula is C8H12O4. The van der Waals surface area contributed by atoms with Crippen LogP contribution in [0, 0.1) is 0 Å². The summed E-state index contributed by atoms with van der Waals surface area (Å²) in [6.07, 6.45) is 0.164. The molecule has 4 nitrogen and oxygen atoms in total. The van der Waals surface area contributed by atoms with E-state index in [0.717, 1.165) is 0 Å². The molecule has 1 heterocycles. The quantitative estimate of drug-likeness (QED) is 0.444. The van der Waals surface area contributed by atoms with Crippen molar-refractivity contribution in [2.75, 3.05) is 13.2 Å². The second-order valence-corrected chi connectivity index (χ2v) is 2.57. The van der Waals surface area contributed by atoms with Gasteiger partial charge in [-0.3, -0.25) is 4.79 Å². The minimum absolute atomic E-state index is 0.167. The predicted molar refractivity (Wildman–Crippen MR) is 40.6 cm³/mol. The van der Waals surface area contributed by atoms with Gasteiger partial charge in [0.1, 0.15) is 0 Å². The molecular weight excluding hydrogens is 160 g/mol. The first-order chi connectivity index (χ1) is 5.75. The third-order valence-electron chi connectivity index (χ3n) is 1.65. The number of carbonyl (C=O) groups is 2. The van der Waals surface area contributed by atoms with Crippen molar-refractivity contribution in [2.24, 2.45) is 0 Å². The topological polar surface area (TPSA) is 52.6 Å². The van der Waals surface area contributed by atoms with Crippen LogP contribution in [0.15, 0.2) is 0 Å². The average molecular weight is 172 g/mol. The summed E-state index contributed by atoms with van der Waals surface area (Å²) in [5.41, 5.74) is 0. The molecule has 0 bridgehead atoms. The lowest BCUT2D eigenvalue weighted by Crippen LogP contribution is -2.38. The Morgan fingerprint density at radius 1 is 1.75 bits per heavy atom. The van der Waals surface area contributed by atoms with Gasteiger partial charge in [-0.1, -0.05) is 0 Å². The standard InChI is InChI=1S/C8H12O4/c1-2-11-8(10)7-6(9)4-3-5-12-7/h7H,2-5H2,1H3/t7-/m1/s1. The molecule has 0 amide bonds. The number of hydrogen-bond donors (Lipinski definition) is 0. The van der Waals surface area contributed by atoms with Crippen LogP contribution >= 0.6 is 0 Å². The first-order valence-corrected chi connectivity index (χ1v) is 4.06. The number of Topliss-reactive ketones (excluding diaryl/α,β-unsaturated/α-hetero) is 1. The summed E-state index contributed by atoms with van der Waals surface area (Å²) in [5, 5.41) is 0. The summed E-state index contributed by atoms with van der Waals surface area (Å²) in [5.74, 6) is -0.720. The SMILES string of the molecule is CCOC(=O)[C@@H]1OCCCC1=O. The highest BCUT2D eigenvalue weighted by atomic mass is 16.6. The maximum atomic E-state index is 11.1. The van der Waals surface area contributed by atoms with Crippen LogP contribution in [0.3, 0.4) is 0 Å². The van der Waals surface area contributed by atoms with E-state index in [9.17, 15) is 9.59 Å². The molecule has 0 aromatic heterocycles. The van der Waals surface area contributed by atoms with Crippen LogP contribution in [-0.2, 0) is 19.1 Å². The maximum Gasteiger partial charge on any atom is 0.343 e. The molecule has 0 spiro atoms. The molecule has 12 heavy (non-hydrogen) atoms. The fraction of sp³-hybridized carbons (Fsp3) is 0.750. The summed E-state index contributed by atoms with van der Waals surface area (Å²) < 4.78 is 9.65. The van der Waals surface area contributed by atoms with Gasteiger partial charge in [0.2, 0.25) is 6.10 Å². The highest BCUT2D eigenvalue weighted by Crippen LogP contribution is 2.10. The zero-order valence-corrected chi connectivity index (χ0v) is 7.04. The van der Waals surface area contributed by atoms with Crippen LogP contribution in [-0.4, -0.2) is 31.1 Å². The van der Waals surface area contributed by atoms with Crippen LogP contribution in [0.5, 0.6) is 0 Å². The second kappa shape index (κ2) is 4.21. The Kier molecular flexibility index (Phi) is 3.22. The smallest absolute Gasteiger partial charge is 0.343 e. The summed E-state index contributed by atoms with van der Waals surface area (Å²) in [4.78, 5) is 22.1. The Bertz CT molecular complexity index is 187. The molecule has 0 unspecified atom stereocenters. The molecule has 1 rings (SSSR count). The number of carbonyl (C=O) groups excluding carboxylic acids is 2. The van der Waals surface area contributed by atoms with Crippen molar-refractivity contribution in [3.63, 3.8) is 0 Å². The van der Waals surface area contributed by atoms with Crippen molar-refractivity contribution in [2.45, 2.75) is 25.9 Å². The Labute approximate surface area is 70.8 Å². The van der Waals surface area contributed by atoms with Gasteiger partial charge >= 0.3 is 5.97 Å². The zero-order chi connectivity index (χ0) is 8.97. The lowest BCUT2D eigenvalue weighted by atomic mass is 10.1. The van der Waals surface area contributed by atoms with Crippen LogP contribution in [0.2, 0.25) is 0 Å². The highest BCUT2D eigenvalue weighted by molar-refractivity contribution is 6.02. The minimum Gasteiger partial charge on any atom is -0.464 e. The molecule has 4 heteroatoms. The first-order valence-electron chi connectivity index (χ1n) is 4.06. The summed E-state index contributed by atoms with van der Waals surface area (Å²) in [6, 6.07) is 0. The van der Waals surface area contributed by atoms with Gasteiger partial charge in [-0.05, 0) is 13.3 Å². The van der Waals surface area contributed by atoms with E-state index in [1.807, 2.05) is 0 Å². The third-order valence-corrected chi connectivity index (χ3v) is 1.65. The molecule has 1 fully saturated rings. The monoisotopic (exact) mass is 172 g/mol. The number of rotatable bonds is 2.